The Bertz CT molecular complexity index is 1690. The van der Waals surface area contributed by atoms with Gasteiger partial charge in [0.15, 0.2) is 0 Å². The zero-order valence-electron chi connectivity index (χ0n) is 24.9. The molecule has 0 amide bonds. The van der Waals surface area contributed by atoms with Crippen LogP contribution in [0.3, 0.4) is 0 Å². The van der Waals surface area contributed by atoms with Crippen molar-refractivity contribution in [3.8, 4) is 28.3 Å². The second-order valence-corrected chi connectivity index (χ2v) is 12.7. The van der Waals surface area contributed by atoms with Crippen LogP contribution in [0.2, 0.25) is 0 Å². The quantitative estimate of drug-likeness (QED) is 0.157. The fourth-order valence-corrected chi connectivity index (χ4v) is 5.62. The van der Waals surface area contributed by atoms with E-state index in [-0.39, 0.29) is 11.8 Å². The van der Waals surface area contributed by atoms with Crippen LogP contribution in [0.1, 0.15) is 49.4 Å². The van der Waals surface area contributed by atoms with Crippen molar-refractivity contribution in [1.82, 2.24) is 9.78 Å². The molecule has 6 heteroatoms. The first kappa shape index (κ1) is 30.3. The monoisotopic (exact) mass is 636 g/mol. The minimum absolute atomic E-state index is 0.00133. The molecule has 5 aromatic rings. The lowest BCUT2D eigenvalue weighted by molar-refractivity contribution is -0.136. The second kappa shape index (κ2) is 13.4. The van der Waals surface area contributed by atoms with Crippen LogP contribution in [0.5, 0.6) is 5.75 Å². The van der Waals surface area contributed by atoms with Crippen molar-refractivity contribution in [2.45, 2.75) is 58.6 Å². The Morgan fingerprint density at radius 2 is 1.56 bits per heavy atom. The van der Waals surface area contributed by atoms with Crippen molar-refractivity contribution in [1.29, 1.82) is 0 Å². The molecule has 1 N–H and O–H groups in total. The zero-order chi connectivity index (χ0) is 30.4. The molecule has 0 fully saturated rings. The first-order valence-electron chi connectivity index (χ1n) is 14.6. The highest BCUT2D eigenvalue weighted by Gasteiger charge is 2.25. The Hall–Kier alpha value is -4.16. The average molecular weight is 638 g/mol. The van der Waals surface area contributed by atoms with Gasteiger partial charge in [0.2, 0.25) is 0 Å². The van der Waals surface area contributed by atoms with Crippen molar-refractivity contribution in [3.63, 3.8) is 0 Å². The number of hydrogen-bond acceptors (Lipinski definition) is 3. The van der Waals surface area contributed by atoms with E-state index in [0.717, 1.165) is 55.8 Å². The highest BCUT2D eigenvalue weighted by molar-refractivity contribution is 9.10. The molecule has 43 heavy (non-hydrogen) atoms. The third-order valence-electron chi connectivity index (χ3n) is 7.53. The van der Waals surface area contributed by atoms with E-state index in [1.165, 1.54) is 5.56 Å². The van der Waals surface area contributed by atoms with Crippen LogP contribution in [0.25, 0.3) is 22.5 Å². The molecule has 1 heterocycles. The highest BCUT2D eigenvalue weighted by Crippen LogP contribution is 2.40. The van der Waals surface area contributed by atoms with Crippen LogP contribution in [0, 0.1) is 0 Å². The largest absolute Gasteiger partial charge is 0.488 e. The van der Waals surface area contributed by atoms with Crippen molar-refractivity contribution < 1.29 is 14.6 Å². The lowest BCUT2D eigenvalue weighted by atomic mass is 9.85. The Labute approximate surface area is 262 Å². The standard InChI is InChI=1S/C37H37BrN2O3/c1-37(2,3)29-17-18-31(33(24-29)43-25-27-13-8-5-9-14-27)35-32(19-20-34(41)42)36(28-15-10-16-30(38)23-28)40(39-35)22-21-26-11-6-4-7-12-26/h4-18,23-24H,19-22,25H2,1-3H3,(H,41,42). The maximum atomic E-state index is 11.9. The highest BCUT2D eigenvalue weighted by atomic mass is 79.9. The third-order valence-corrected chi connectivity index (χ3v) is 8.03. The van der Waals surface area contributed by atoms with Crippen LogP contribution >= 0.6 is 15.9 Å². The molecule has 0 spiro atoms. The Balaban J connectivity index is 1.67. The van der Waals surface area contributed by atoms with Gasteiger partial charge in [-0.05, 0) is 59.2 Å². The van der Waals surface area contributed by atoms with E-state index in [4.69, 9.17) is 9.84 Å². The Kier molecular flexibility index (Phi) is 9.46. The number of halogens is 1. The van der Waals surface area contributed by atoms with Gasteiger partial charge < -0.3 is 9.84 Å². The van der Waals surface area contributed by atoms with Crippen LogP contribution in [0.15, 0.2) is 108 Å². The van der Waals surface area contributed by atoms with Gasteiger partial charge in [-0.15, -0.1) is 0 Å². The van der Waals surface area contributed by atoms with E-state index in [1.807, 2.05) is 53.2 Å². The normalized spacial score (nSPS) is 11.4. The number of carboxylic acids is 1. The number of carboxylic acid groups (broad SMARTS) is 1. The van der Waals surface area contributed by atoms with Crippen molar-refractivity contribution in [2.24, 2.45) is 0 Å². The summed E-state index contributed by atoms with van der Waals surface area (Å²) in [6.07, 6.45) is 1.14. The van der Waals surface area contributed by atoms with Gasteiger partial charge in [0.1, 0.15) is 12.4 Å². The zero-order valence-corrected chi connectivity index (χ0v) is 26.5. The lowest BCUT2D eigenvalue weighted by Crippen LogP contribution is -2.11. The van der Waals surface area contributed by atoms with Gasteiger partial charge in [-0.1, -0.05) is 116 Å². The molecule has 0 atom stereocenters. The summed E-state index contributed by atoms with van der Waals surface area (Å²) in [5.41, 5.74) is 7.81. The molecule has 1 aromatic heterocycles. The van der Waals surface area contributed by atoms with E-state index in [9.17, 15) is 9.90 Å². The molecular weight excluding hydrogens is 600 g/mol. The fraction of sp³-hybridized carbons (Fsp3) is 0.243. The van der Waals surface area contributed by atoms with Gasteiger partial charge in [-0.2, -0.15) is 5.10 Å². The third kappa shape index (κ3) is 7.63. The van der Waals surface area contributed by atoms with E-state index >= 15 is 0 Å². The average Bonchev–Trinajstić information content (AvgIpc) is 3.36. The van der Waals surface area contributed by atoms with Crippen LogP contribution in [-0.4, -0.2) is 20.9 Å². The molecule has 0 aliphatic rings. The van der Waals surface area contributed by atoms with E-state index in [1.54, 1.807) is 0 Å². The second-order valence-electron chi connectivity index (χ2n) is 11.8. The summed E-state index contributed by atoms with van der Waals surface area (Å²) in [5, 5.41) is 14.9. The Morgan fingerprint density at radius 1 is 0.860 bits per heavy atom. The van der Waals surface area contributed by atoms with Crippen LogP contribution in [-0.2, 0) is 36.2 Å². The van der Waals surface area contributed by atoms with Gasteiger partial charge in [0.05, 0.1) is 11.4 Å². The van der Waals surface area contributed by atoms with Crippen molar-refractivity contribution in [3.05, 3.63) is 130 Å². The predicted octanol–water partition coefficient (Wildman–Crippen LogP) is 9.12. The van der Waals surface area contributed by atoms with Gasteiger partial charge in [-0.25, -0.2) is 0 Å². The number of aliphatic carboxylic acids is 1. The van der Waals surface area contributed by atoms with Crippen molar-refractivity contribution in [2.75, 3.05) is 0 Å². The number of rotatable bonds is 11. The number of ether oxygens (including phenoxy) is 1. The molecule has 0 aliphatic carbocycles. The first-order chi connectivity index (χ1) is 20.7. The van der Waals surface area contributed by atoms with Gasteiger partial charge in [0, 0.05) is 34.1 Å². The maximum Gasteiger partial charge on any atom is 0.303 e. The van der Waals surface area contributed by atoms with Gasteiger partial charge in [0.25, 0.3) is 0 Å². The molecule has 0 unspecified atom stereocenters. The summed E-state index contributed by atoms with van der Waals surface area (Å²) in [6, 6.07) is 34.9. The Morgan fingerprint density at radius 3 is 2.21 bits per heavy atom. The summed E-state index contributed by atoms with van der Waals surface area (Å²) in [6.45, 7) is 7.62. The first-order valence-corrected chi connectivity index (χ1v) is 15.4. The summed E-state index contributed by atoms with van der Waals surface area (Å²) in [5.74, 6) is -0.104. The molecule has 5 rings (SSSR count). The van der Waals surface area contributed by atoms with Crippen LogP contribution < -0.4 is 4.74 Å². The van der Waals surface area contributed by atoms with Gasteiger partial charge >= 0.3 is 5.97 Å². The number of aromatic nitrogens is 2. The smallest absolute Gasteiger partial charge is 0.303 e. The molecule has 0 aliphatic heterocycles. The lowest BCUT2D eigenvalue weighted by Gasteiger charge is -2.21. The summed E-state index contributed by atoms with van der Waals surface area (Å²) in [7, 11) is 0. The summed E-state index contributed by atoms with van der Waals surface area (Å²) >= 11 is 3.64. The number of hydrogen-bond donors (Lipinski definition) is 1. The van der Waals surface area contributed by atoms with E-state index in [2.05, 4.69) is 91.3 Å². The van der Waals surface area contributed by atoms with Crippen molar-refractivity contribution >= 4 is 21.9 Å². The van der Waals surface area contributed by atoms with Gasteiger partial charge in [-0.3, -0.25) is 9.48 Å². The number of carbonyl (C=O) groups is 1. The fourth-order valence-electron chi connectivity index (χ4n) is 5.22. The number of aryl methyl sites for hydroxylation is 2. The molecule has 0 saturated carbocycles. The topological polar surface area (TPSA) is 64.4 Å². The maximum absolute atomic E-state index is 11.9. The predicted molar refractivity (Wildman–Crippen MR) is 176 cm³/mol. The molecule has 0 bridgehead atoms. The number of benzene rings is 4. The molecular formula is C37H37BrN2O3. The molecule has 0 saturated heterocycles. The minimum atomic E-state index is -0.841. The molecule has 4 aromatic carbocycles. The van der Waals surface area contributed by atoms with E-state index in [0.29, 0.717) is 19.6 Å². The SMILES string of the molecule is CC(C)(C)c1ccc(-c2nn(CCc3ccccc3)c(-c3cccc(Br)c3)c2CCC(=O)O)c(OCc2ccccc2)c1. The molecule has 0 radical (unpaired) electrons. The summed E-state index contributed by atoms with van der Waals surface area (Å²) < 4.78 is 9.52. The van der Waals surface area contributed by atoms with E-state index < -0.39 is 5.97 Å². The minimum Gasteiger partial charge on any atom is -0.488 e. The molecule has 5 nitrogen and oxygen atoms in total. The molecule has 220 valence electrons. The number of nitrogens with zero attached hydrogens (tertiary/aromatic N) is 2. The van der Waals surface area contributed by atoms with Crippen LogP contribution in [0.4, 0.5) is 0 Å². The summed E-state index contributed by atoms with van der Waals surface area (Å²) in [4.78, 5) is 11.9.